The maximum Gasteiger partial charge on any atom is 0.139 e. The zero-order valence-electron chi connectivity index (χ0n) is 21.9. The summed E-state index contributed by atoms with van der Waals surface area (Å²) in [6, 6.07) is 0. The van der Waals surface area contributed by atoms with E-state index in [0.29, 0.717) is 48.1 Å². The Bertz CT molecular complexity index is 902. The molecule has 0 saturated heterocycles. The lowest BCUT2D eigenvalue weighted by atomic mass is 9.32. The number of rotatable bonds is 2. The molecule has 3 heteroatoms. The molecule has 0 amide bonds. The highest BCUT2D eigenvalue weighted by Crippen LogP contribution is 2.76. The van der Waals surface area contributed by atoms with Crippen molar-refractivity contribution < 1.29 is 14.7 Å². The van der Waals surface area contributed by atoms with E-state index in [1.54, 1.807) is 0 Å². The maximum atomic E-state index is 14.3. The zero-order chi connectivity index (χ0) is 24.2. The largest absolute Gasteiger partial charge is 0.396 e. The Morgan fingerprint density at radius 1 is 0.939 bits per heavy atom. The molecule has 0 aromatic carbocycles. The molecule has 3 nitrogen and oxygen atoms in total. The van der Waals surface area contributed by atoms with E-state index in [1.807, 2.05) is 0 Å². The van der Waals surface area contributed by atoms with Crippen molar-refractivity contribution in [1.82, 2.24) is 0 Å². The summed E-state index contributed by atoms with van der Waals surface area (Å²) < 4.78 is 0. The minimum Gasteiger partial charge on any atom is -0.396 e. The minimum atomic E-state index is -0.406. The normalized spacial score (nSPS) is 53.0. The molecule has 0 spiro atoms. The molecule has 0 aromatic heterocycles. The van der Waals surface area contributed by atoms with Crippen molar-refractivity contribution in [2.24, 2.45) is 56.7 Å². The number of carbonyl (C=O) groups excluding carboxylic acids is 2. The monoisotopic (exact) mass is 454 g/mol. The summed E-state index contributed by atoms with van der Waals surface area (Å²) >= 11 is 0. The second-order valence-corrected chi connectivity index (χ2v) is 14.2. The van der Waals surface area contributed by atoms with Crippen molar-refractivity contribution in [3.63, 3.8) is 0 Å². The number of Topliss-reactive ketones (excluding diaryl/α,β-unsaturated/α-hetero) is 2. The summed E-state index contributed by atoms with van der Waals surface area (Å²) in [5, 5.41) is 10.6. The number of ketones is 2. The first kappa shape index (κ1) is 23.8. The Balaban J connectivity index is 1.60. The van der Waals surface area contributed by atoms with Gasteiger partial charge in [0, 0.05) is 30.3 Å². The van der Waals surface area contributed by atoms with Crippen LogP contribution in [0.5, 0.6) is 0 Å². The Hall–Kier alpha value is -0.960. The van der Waals surface area contributed by atoms with Crippen LogP contribution in [0, 0.1) is 56.7 Å². The van der Waals surface area contributed by atoms with Gasteiger partial charge in [0.2, 0.25) is 0 Å². The topological polar surface area (TPSA) is 54.4 Å². The molecule has 0 aromatic rings. The van der Waals surface area contributed by atoms with Crippen LogP contribution in [-0.2, 0) is 9.59 Å². The fourth-order valence-corrected chi connectivity index (χ4v) is 11.0. The summed E-state index contributed by atoms with van der Waals surface area (Å²) in [7, 11) is 0. The van der Waals surface area contributed by atoms with Crippen LogP contribution in [0.2, 0.25) is 0 Å². The van der Waals surface area contributed by atoms with Gasteiger partial charge in [0.1, 0.15) is 11.6 Å². The van der Waals surface area contributed by atoms with Gasteiger partial charge in [0.25, 0.3) is 0 Å². The van der Waals surface area contributed by atoms with Crippen LogP contribution in [0.1, 0.15) is 99.3 Å². The van der Waals surface area contributed by atoms with Gasteiger partial charge in [-0.15, -0.1) is 0 Å². The summed E-state index contributed by atoms with van der Waals surface area (Å²) in [6.45, 7) is 18.2. The van der Waals surface area contributed by atoms with E-state index < -0.39 is 5.41 Å². The Morgan fingerprint density at radius 3 is 2.27 bits per heavy atom. The van der Waals surface area contributed by atoms with Crippen molar-refractivity contribution in [3.05, 3.63) is 12.2 Å². The number of fused-ring (bicyclic) bond motifs is 7. The third-order valence-corrected chi connectivity index (χ3v) is 13.1. The van der Waals surface area contributed by atoms with E-state index in [0.717, 1.165) is 44.9 Å². The van der Waals surface area contributed by atoms with Gasteiger partial charge >= 0.3 is 0 Å². The molecule has 9 unspecified atom stereocenters. The van der Waals surface area contributed by atoms with E-state index in [9.17, 15) is 14.7 Å². The van der Waals surface area contributed by atoms with Gasteiger partial charge in [-0.05, 0) is 97.7 Å². The van der Waals surface area contributed by atoms with Gasteiger partial charge in [-0.2, -0.15) is 0 Å². The van der Waals surface area contributed by atoms with Gasteiger partial charge in [-0.3, -0.25) is 9.59 Å². The smallest absolute Gasteiger partial charge is 0.139 e. The molecule has 0 aliphatic heterocycles. The SMILES string of the molecule is C=C(C)C1CCC2(CO)CCC3(C)C(CCC4C5(C)CCC(=O)C(C)(C)C5CC(=O)C43C)C12. The van der Waals surface area contributed by atoms with Crippen molar-refractivity contribution in [2.75, 3.05) is 6.61 Å². The molecule has 5 rings (SSSR count). The van der Waals surface area contributed by atoms with E-state index in [-0.39, 0.29) is 34.2 Å². The molecule has 5 saturated carbocycles. The van der Waals surface area contributed by atoms with Crippen LogP contribution in [-0.4, -0.2) is 23.3 Å². The van der Waals surface area contributed by atoms with Gasteiger partial charge in [-0.1, -0.05) is 46.8 Å². The van der Waals surface area contributed by atoms with Crippen LogP contribution in [0.3, 0.4) is 0 Å². The predicted molar refractivity (Wildman–Crippen MR) is 131 cm³/mol. The number of aliphatic hydroxyl groups is 1. The molecule has 184 valence electrons. The highest BCUT2D eigenvalue weighted by molar-refractivity contribution is 5.91. The molecule has 5 aliphatic rings. The Labute approximate surface area is 201 Å². The van der Waals surface area contributed by atoms with Crippen LogP contribution in [0.4, 0.5) is 0 Å². The van der Waals surface area contributed by atoms with Crippen LogP contribution < -0.4 is 0 Å². The van der Waals surface area contributed by atoms with Crippen LogP contribution >= 0.6 is 0 Å². The maximum absolute atomic E-state index is 14.3. The first-order valence-electron chi connectivity index (χ1n) is 13.6. The van der Waals surface area contributed by atoms with Crippen molar-refractivity contribution in [2.45, 2.75) is 99.3 Å². The number of allylic oxidation sites excluding steroid dienone is 1. The molecular weight excluding hydrogens is 408 g/mol. The van der Waals surface area contributed by atoms with Crippen molar-refractivity contribution in [3.8, 4) is 0 Å². The molecule has 0 heterocycles. The molecule has 0 radical (unpaired) electrons. The quantitative estimate of drug-likeness (QED) is 0.492. The van der Waals surface area contributed by atoms with Gasteiger partial charge in [0.15, 0.2) is 0 Å². The molecule has 0 bridgehead atoms. The fourth-order valence-electron chi connectivity index (χ4n) is 11.0. The fraction of sp³-hybridized carbons (Fsp3) is 0.867. The Morgan fingerprint density at radius 2 is 1.64 bits per heavy atom. The van der Waals surface area contributed by atoms with Crippen LogP contribution in [0.15, 0.2) is 12.2 Å². The highest BCUT2D eigenvalue weighted by atomic mass is 16.3. The lowest BCUT2D eigenvalue weighted by molar-refractivity contribution is -0.226. The summed E-state index contributed by atoms with van der Waals surface area (Å²) in [4.78, 5) is 27.2. The van der Waals surface area contributed by atoms with Gasteiger partial charge in [0.05, 0.1) is 0 Å². The van der Waals surface area contributed by atoms with Gasteiger partial charge in [-0.25, -0.2) is 0 Å². The zero-order valence-corrected chi connectivity index (χ0v) is 21.9. The van der Waals surface area contributed by atoms with Crippen molar-refractivity contribution in [1.29, 1.82) is 0 Å². The minimum absolute atomic E-state index is 0.0143. The lowest BCUT2D eigenvalue weighted by Crippen LogP contribution is -2.69. The average Bonchev–Trinajstić information content (AvgIpc) is 3.15. The highest BCUT2D eigenvalue weighted by Gasteiger charge is 2.73. The third-order valence-electron chi connectivity index (χ3n) is 13.1. The second kappa shape index (κ2) is 7.05. The van der Waals surface area contributed by atoms with Crippen LogP contribution in [0.25, 0.3) is 0 Å². The lowest BCUT2D eigenvalue weighted by Gasteiger charge is -2.71. The standard InChI is InChI=1S/C30H46O3/c1-18(2)19-10-13-30(17-31)15-14-28(6)20(25(19)30)8-9-21-27(5)12-11-23(32)26(3,4)22(27)16-24(33)29(21,28)7/h19-22,25,31H,1,8-17H2,2-7H3. The van der Waals surface area contributed by atoms with Gasteiger partial charge < -0.3 is 5.11 Å². The summed E-state index contributed by atoms with van der Waals surface area (Å²) in [5.41, 5.74) is 0.525. The number of hydrogen-bond acceptors (Lipinski definition) is 3. The molecule has 33 heavy (non-hydrogen) atoms. The van der Waals surface area contributed by atoms with Crippen molar-refractivity contribution >= 4 is 11.6 Å². The number of carbonyl (C=O) groups is 2. The van der Waals surface area contributed by atoms with E-state index in [2.05, 4.69) is 48.1 Å². The summed E-state index contributed by atoms with van der Waals surface area (Å²) in [6.07, 6.45) is 8.70. The summed E-state index contributed by atoms with van der Waals surface area (Å²) in [5.74, 6) is 2.65. The van der Waals surface area contributed by atoms with E-state index in [1.165, 1.54) is 5.57 Å². The number of hydrogen-bond donors (Lipinski definition) is 1. The molecule has 5 aliphatic carbocycles. The predicted octanol–water partition coefficient (Wildman–Crippen LogP) is 6.38. The van der Waals surface area contributed by atoms with E-state index in [4.69, 9.17) is 0 Å². The van der Waals surface area contributed by atoms with E-state index >= 15 is 0 Å². The molecule has 5 fully saturated rings. The Kier molecular flexibility index (Phi) is 5.08. The average molecular weight is 455 g/mol. The third kappa shape index (κ3) is 2.67. The first-order chi connectivity index (χ1) is 15.3. The molecule has 9 atom stereocenters. The number of aliphatic hydroxyl groups excluding tert-OH is 1. The first-order valence-corrected chi connectivity index (χ1v) is 13.6. The molecular formula is C30H46O3. The molecule has 1 N–H and O–H groups in total. The second-order valence-electron chi connectivity index (χ2n) is 14.2.